The Morgan fingerprint density at radius 2 is 1.95 bits per heavy atom. The molecule has 0 aliphatic heterocycles. The predicted octanol–water partition coefficient (Wildman–Crippen LogP) is 3.33. The van der Waals surface area contributed by atoms with Crippen molar-refractivity contribution in [1.82, 2.24) is 4.98 Å². The molecule has 2 aromatic rings. The molecule has 1 aliphatic carbocycles. The van der Waals surface area contributed by atoms with E-state index in [0.717, 1.165) is 12.8 Å². The van der Waals surface area contributed by atoms with Gasteiger partial charge in [0.1, 0.15) is 0 Å². The standard InChI is InChI=1S/C14H12BrN3O2/c15-11-7-13(18(19)20)14(16-8-11)17-12-5-9-3-1-2-4-10(9)6-12/h1-4,7-8,12H,5-6H2,(H,16,17). The summed E-state index contributed by atoms with van der Waals surface area (Å²) in [5, 5.41) is 14.3. The first-order valence-corrected chi connectivity index (χ1v) is 7.06. The van der Waals surface area contributed by atoms with Gasteiger partial charge in [-0.3, -0.25) is 10.1 Å². The van der Waals surface area contributed by atoms with E-state index in [1.165, 1.54) is 17.2 Å². The van der Waals surface area contributed by atoms with Gasteiger partial charge in [-0.1, -0.05) is 24.3 Å². The Kier molecular flexibility index (Phi) is 3.40. The van der Waals surface area contributed by atoms with Gasteiger partial charge in [0.05, 0.1) is 4.92 Å². The van der Waals surface area contributed by atoms with Crippen molar-refractivity contribution in [2.45, 2.75) is 18.9 Å². The van der Waals surface area contributed by atoms with Crippen molar-refractivity contribution in [1.29, 1.82) is 0 Å². The SMILES string of the molecule is O=[N+]([O-])c1cc(Br)cnc1NC1Cc2ccccc2C1. The molecule has 5 nitrogen and oxygen atoms in total. The summed E-state index contributed by atoms with van der Waals surface area (Å²) in [6, 6.07) is 9.85. The number of nitro groups is 1. The van der Waals surface area contributed by atoms with Crippen LogP contribution >= 0.6 is 15.9 Å². The second-order valence-electron chi connectivity index (χ2n) is 4.80. The fraction of sp³-hybridized carbons (Fsp3) is 0.214. The highest BCUT2D eigenvalue weighted by atomic mass is 79.9. The van der Waals surface area contributed by atoms with Gasteiger partial charge in [0.15, 0.2) is 0 Å². The zero-order valence-electron chi connectivity index (χ0n) is 10.5. The number of nitrogens with zero attached hydrogens (tertiary/aromatic N) is 2. The summed E-state index contributed by atoms with van der Waals surface area (Å²) >= 11 is 3.21. The fourth-order valence-corrected chi connectivity index (χ4v) is 2.85. The van der Waals surface area contributed by atoms with E-state index in [2.05, 4.69) is 38.4 Å². The number of nitrogens with one attached hydrogen (secondary N) is 1. The maximum absolute atomic E-state index is 11.1. The molecule has 0 bridgehead atoms. The van der Waals surface area contributed by atoms with Crippen LogP contribution in [-0.2, 0) is 12.8 Å². The molecule has 0 amide bonds. The second-order valence-corrected chi connectivity index (χ2v) is 5.71. The van der Waals surface area contributed by atoms with E-state index in [-0.39, 0.29) is 11.7 Å². The third-order valence-corrected chi connectivity index (χ3v) is 3.86. The number of pyridine rings is 1. The van der Waals surface area contributed by atoms with Crippen LogP contribution < -0.4 is 5.32 Å². The second kappa shape index (κ2) is 5.20. The van der Waals surface area contributed by atoms with E-state index >= 15 is 0 Å². The molecule has 0 saturated carbocycles. The van der Waals surface area contributed by atoms with Crippen molar-refractivity contribution in [3.63, 3.8) is 0 Å². The lowest BCUT2D eigenvalue weighted by molar-refractivity contribution is -0.384. The van der Waals surface area contributed by atoms with Crippen LogP contribution in [0.1, 0.15) is 11.1 Å². The lowest BCUT2D eigenvalue weighted by Crippen LogP contribution is -2.21. The lowest BCUT2D eigenvalue weighted by Gasteiger charge is -2.12. The highest BCUT2D eigenvalue weighted by Gasteiger charge is 2.24. The first-order chi connectivity index (χ1) is 9.63. The first kappa shape index (κ1) is 13.1. The van der Waals surface area contributed by atoms with Crippen molar-refractivity contribution >= 4 is 27.4 Å². The molecule has 1 heterocycles. The number of aromatic nitrogens is 1. The molecule has 0 saturated heterocycles. The van der Waals surface area contributed by atoms with Crippen molar-refractivity contribution in [3.8, 4) is 0 Å². The molecule has 20 heavy (non-hydrogen) atoms. The summed E-state index contributed by atoms with van der Waals surface area (Å²) in [7, 11) is 0. The highest BCUT2D eigenvalue weighted by molar-refractivity contribution is 9.10. The fourth-order valence-electron chi connectivity index (χ4n) is 2.53. The smallest absolute Gasteiger partial charge is 0.312 e. The molecule has 102 valence electrons. The third-order valence-electron chi connectivity index (χ3n) is 3.42. The molecular formula is C14H12BrN3O2. The summed E-state index contributed by atoms with van der Waals surface area (Å²) in [4.78, 5) is 14.8. The maximum Gasteiger partial charge on any atom is 0.312 e. The average molecular weight is 334 g/mol. The molecule has 6 heteroatoms. The largest absolute Gasteiger partial charge is 0.361 e. The number of hydrogen-bond acceptors (Lipinski definition) is 4. The summed E-state index contributed by atoms with van der Waals surface area (Å²) in [6.45, 7) is 0. The van der Waals surface area contributed by atoms with Crippen LogP contribution in [-0.4, -0.2) is 15.9 Å². The lowest BCUT2D eigenvalue weighted by atomic mass is 10.1. The Morgan fingerprint density at radius 3 is 2.55 bits per heavy atom. The number of benzene rings is 1. The number of fused-ring (bicyclic) bond motifs is 1. The normalized spacial score (nSPS) is 14.1. The van der Waals surface area contributed by atoms with Crippen molar-refractivity contribution in [2.75, 3.05) is 5.32 Å². The Balaban J connectivity index is 1.82. The Bertz CT molecular complexity index is 650. The van der Waals surface area contributed by atoms with Crippen LogP contribution in [0, 0.1) is 10.1 Å². The molecular weight excluding hydrogens is 322 g/mol. The first-order valence-electron chi connectivity index (χ1n) is 6.27. The van der Waals surface area contributed by atoms with Gasteiger partial charge in [-0.15, -0.1) is 0 Å². The van der Waals surface area contributed by atoms with Crippen LogP contribution in [0.25, 0.3) is 0 Å². The Labute approximate surface area is 124 Å². The minimum Gasteiger partial charge on any atom is -0.361 e. The van der Waals surface area contributed by atoms with Gasteiger partial charge in [-0.2, -0.15) is 0 Å². The quantitative estimate of drug-likeness (QED) is 0.691. The van der Waals surface area contributed by atoms with Gasteiger partial charge in [0.25, 0.3) is 0 Å². The molecule has 0 spiro atoms. The van der Waals surface area contributed by atoms with E-state index in [1.54, 1.807) is 6.20 Å². The van der Waals surface area contributed by atoms with Crippen molar-refractivity contribution < 1.29 is 4.92 Å². The molecule has 0 radical (unpaired) electrons. The zero-order valence-corrected chi connectivity index (χ0v) is 12.1. The monoisotopic (exact) mass is 333 g/mol. The van der Waals surface area contributed by atoms with Gasteiger partial charge in [-0.05, 0) is 39.9 Å². The minimum absolute atomic E-state index is 0.00432. The molecule has 1 N–H and O–H groups in total. The number of anilines is 1. The summed E-state index contributed by atoms with van der Waals surface area (Å²) in [5.74, 6) is 0.330. The molecule has 1 aromatic carbocycles. The van der Waals surface area contributed by atoms with Gasteiger partial charge < -0.3 is 5.32 Å². The van der Waals surface area contributed by atoms with Crippen LogP contribution in [0.4, 0.5) is 11.5 Å². The van der Waals surface area contributed by atoms with E-state index in [9.17, 15) is 10.1 Å². The van der Waals surface area contributed by atoms with Gasteiger partial charge in [-0.25, -0.2) is 4.98 Å². The topological polar surface area (TPSA) is 68.1 Å². The molecule has 0 atom stereocenters. The minimum atomic E-state index is -0.414. The predicted molar refractivity (Wildman–Crippen MR) is 79.9 cm³/mol. The Hall–Kier alpha value is -1.95. The summed E-state index contributed by atoms with van der Waals surface area (Å²) in [6.07, 6.45) is 3.30. The summed E-state index contributed by atoms with van der Waals surface area (Å²) in [5.41, 5.74) is 2.59. The number of hydrogen-bond donors (Lipinski definition) is 1. The third kappa shape index (κ3) is 2.51. The van der Waals surface area contributed by atoms with E-state index < -0.39 is 4.92 Å². The summed E-state index contributed by atoms with van der Waals surface area (Å²) < 4.78 is 0.601. The average Bonchev–Trinajstić information content (AvgIpc) is 2.82. The zero-order chi connectivity index (χ0) is 14.1. The van der Waals surface area contributed by atoms with Gasteiger partial charge >= 0.3 is 5.69 Å². The number of halogens is 1. The van der Waals surface area contributed by atoms with Crippen molar-refractivity contribution in [3.05, 3.63) is 62.2 Å². The maximum atomic E-state index is 11.1. The number of rotatable bonds is 3. The highest BCUT2D eigenvalue weighted by Crippen LogP contribution is 2.29. The van der Waals surface area contributed by atoms with Crippen molar-refractivity contribution in [2.24, 2.45) is 0 Å². The van der Waals surface area contributed by atoms with E-state index in [0.29, 0.717) is 10.3 Å². The van der Waals surface area contributed by atoms with Crippen LogP contribution in [0.3, 0.4) is 0 Å². The Morgan fingerprint density at radius 1 is 1.30 bits per heavy atom. The van der Waals surface area contributed by atoms with E-state index in [1.807, 2.05) is 12.1 Å². The molecule has 0 fully saturated rings. The molecule has 1 aliphatic rings. The van der Waals surface area contributed by atoms with Crippen LogP contribution in [0.5, 0.6) is 0 Å². The molecule has 1 aromatic heterocycles. The molecule has 3 rings (SSSR count). The van der Waals surface area contributed by atoms with Gasteiger partial charge in [0.2, 0.25) is 5.82 Å². The van der Waals surface area contributed by atoms with Crippen LogP contribution in [0.15, 0.2) is 41.0 Å². The molecule has 0 unspecified atom stereocenters. The van der Waals surface area contributed by atoms with Crippen LogP contribution in [0.2, 0.25) is 0 Å². The van der Waals surface area contributed by atoms with Gasteiger partial charge in [0, 0.05) is 22.8 Å². The van der Waals surface area contributed by atoms with E-state index in [4.69, 9.17) is 0 Å².